The monoisotopic (exact) mass is 583 g/mol. The van der Waals surface area contributed by atoms with Crippen molar-refractivity contribution in [1.29, 1.82) is 0 Å². The van der Waals surface area contributed by atoms with Crippen molar-refractivity contribution in [1.82, 2.24) is 0 Å². The van der Waals surface area contributed by atoms with Crippen LogP contribution in [0.3, 0.4) is 0 Å². The molecule has 3 aromatic rings. The molecular formula is C25H17Cl4NO3S2. The normalized spacial score (nSPS) is 14.7. The number of benzene rings is 3. The summed E-state index contributed by atoms with van der Waals surface area (Å²) in [5.74, 6) is 0.860. The maximum Gasteiger partial charge on any atom is 0.270 e. The minimum atomic E-state index is -0.242. The maximum atomic E-state index is 13.1. The maximum absolute atomic E-state index is 13.1. The van der Waals surface area contributed by atoms with Crippen molar-refractivity contribution in [2.24, 2.45) is 0 Å². The Bertz CT molecular complexity index is 1350. The smallest absolute Gasteiger partial charge is 0.270 e. The van der Waals surface area contributed by atoms with Gasteiger partial charge in [-0.25, -0.2) is 0 Å². The van der Waals surface area contributed by atoms with E-state index in [0.717, 1.165) is 11.1 Å². The summed E-state index contributed by atoms with van der Waals surface area (Å²) in [5, 5.41) is 1.83. The van der Waals surface area contributed by atoms with Crippen LogP contribution in [0.1, 0.15) is 18.1 Å². The first-order chi connectivity index (χ1) is 16.8. The Morgan fingerprint density at radius 2 is 1.71 bits per heavy atom. The second-order valence-corrected chi connectivity index (χ2v) is 10.6. The zero-order chi connectivity index (χ0) is 25.1. The molecule has 0 aliphatic carbocycles. The molecule has 0 N–H and O–H groups in total. The van der Waals surface area contributed by atoms with Crippen molar-refractivity contribution in [3.05, 3.63) is 90.7 Å². The Kier molecular flexibility index (Phi) is 8.53. The molecule has 180 valence electrons. The van der Waals surface area contributed by atoms with Gasteiger partial charge in [0.25, 0.3) is 5.91 Å². The third kappa shape index (κ3) is 6.08. The molecule has 0 saturated carbocycles. The predicted octanol–water partition coefficient (Wildman–Crippen LogP) is 8.68. The fourth-order valence-electron chi connectivity index (χ4n) is 3.26. The number of rotatable bonds is 7. The molecule has 1 heterocycles. The van der Waals surface area contributed by atoms with Crippen molar-refractivity contribution in [3.8, 4) is 11.5 Å². The van der Waals surface area contributed by atoms with Crippen molar-refractivity contribution in [2.45, 2.75) is 13.5 Å². The lowest BCUT2D eigenvalue weighted by atomic mass is 10.1. The standard InChI is InChI=1S/C25H17Cl4NO3S2/c1-2-32-22-9-14(3-8-21(22)33-13-15-4-5-16(26)11-19(15)28)10-23-24(31)30(25(34)35-23)17-6-7-18(27)20(29)12-17/h3-12H,2,13H2,1H3/b23-10-. The number of hydrogen-bond acceptors (Lipinski definition) is 5. The molecule has 0 spiro atoms. The number of nitrogens with zero attached hydrogens (tertiary/aromatic N) is 1. The third-order valence-corrected chi connectivity index (χ3v) is 7.55. The van der Waals surface area contributed by atoms with Gasteiger partial charge in [-0.15, -0.1) is 0 Å². The first-order valence-electron chi connectivity index (χ1n) is 10.3. The van der Waals surface area contributed by atoms with Crippen LogP contribution < -0.4 is 14.4 Å². The summed E-state index contributed by atoms with van der Waals surface area (Å²) < 4.78 is 12.1. The third-order valence-electron chi connectivity index (χ3n) is 4.92. The van der Waals surface area contributed by atoms with E-state index in [4.69, 9.17) is 68.1 Å². The summed E-state index contributed by atoms with van der Waals surface area (Å²) in [6, 6.07) is 15.6. The fourth-order valence-corrected chi connectivity index (χ4v) is 5.32. The number of ether oxygens (including phenoxy) is 2. The molecule has 0 aromatic heterocycles. The molecule has 4 nitrogen and oxygen atoms in total. The molecule has 3 aromatic carbocycles. The summed E-state index contributed by atoms with van der Waals surface area (Å²) in [6.45, 7) is 2.58. The van der Waals surface area contributed by atoms with Crippen LogP contribution in [-0.4, -0.2) is 16.8 Å². The van der Waals surface area contributed by atoms with Gasteiger partial charge in [0.15, 0.2) is 15.8 Å². The topological polar surface area (TPSA) is 38.8 Å². The summed E-state index contributed by atoms with van der Waals surface area (Å²) in [7, 11) is 0. The van der Waals surface area contributed by atoms with Crippen LogP contribution in [0.5, 0.6) is 11.5 Å². The number of thiocarbonyl (C=S) groups is 1. The van der Waals surface area contributed by atoms with Gasteiger partial charge in [0, 0.05) is 15.6 Å². The molecule has 1 saturated heterocycles. The molecular weight excluding hydrogens is 568 g/mol. The minimum absolute atomic E-state index is 0.242. The molecule has 0 bridgehead atoms. The lowest BCUT2D eigenvalue weighted by Crippen LogP contribution is -2.27. The number of halogens is 4. The van der Waals surface area contributed by atoms with Gasteiger partial charge >= 0.3 is 0 Å². The van der Waals surface area contributed by atoms with E-state index in [1.807, 2.05) is 25.1 Å². The molecule has 1 amide bonds. The van der Waals surface area contributed by atoms with Crippen molar-refractivity contribution < 1.29 is 14.3 Å². The molecule has 4 rings (SSSR count). The summed E-state index contributed by atoms with van der Waals surface area (Å²) in [4.78, 5) is 15.0. The SMILES string of the molecule is CCOc1cc(/C=C2\SC(=S)N(c3ccc(Cl)c(Cl)c3)C2=O)ccc1OCc1ccc(Cl)cc1Cl. The fraction of sp³-hybridized carbons (Fsp3) is 0.120. The van der Waals surface area contributed by atoms with Gasteiger partial charge in [-0.3, -0.25) is 9.69 Å². The van der Waals surface area contributed by atoms with E-state index in [1.54, 1.807) is 42.5 Å². The first kappa shape index (κ1) is 26.1. The van der Waals surface area contributed by atoms with Gasteiger partial charge in [-0.05, 0) is 61.0 Å². The van der Waals surface area contributed by atoms with Gasteiger partial charge in [0.2, 0.25) is 0 Å². The second kappa shape index (κ2) is 11.4. The van der Waals surface area contributed by atoms with Crippen LogP contribution in [0.2, 0.25) is 20.1 Å². The summed E-state index contributed by atoms with van der Waals surface area (Å²) >= 11 is 31.0. The first-order valence-corrected chi connectivity index (χ1v) is 13.1. The molecule has 1 aliphatic rings. The van der Waals surface area contributed by atoms with E-state index in [-0.39, 0.29) is 12.5 Å². The van der Waals surface area contributed by atoms with Crippen molar-refractivity contribution >= 4 is 92.4 Å². The van der Waals surface area contributed by atoms with Crippen LogP contribution >= 0.6 is 70.4 Å². The van der Waals surface area contributed by atoms with Crippen molar-refractivity contribution in [3.63, 3.8) is 0 Å². The minimum Gasteiger partial charge on any atom is -0.490 e. The van der Waals surface area contributed by atoms with E-state index < -0.39 is 0 Å². The summed E-state index contributed by atoms with van der Waals surface area (Å²) in [6.07, 6.45) is 1.76. The highest BCUT2D eigenvalue weighted by molar-refractivity contribution is 8.27. The lowest BCUT2D eigenvalue weighted by molar-refractivity contribution is -0.113. The predicted molar refractivity (Wildman–Crippen MR) is 151 cm³/mol. The molecule has 0 unspecified atom stereocenters. The summed E-state index contributed by atoms with van der Waals surface area (Å²) in [5.41, 5.74) is 2.12. The van der Waals surface area contributed by atoms with Gasteiger partial charge in [0.1, 0.15) is 6.61 Å². The zero-order valence-electron chi connectivity index (χ0n) is 18.2. The molecule has 35 heavy (non-hydrogen) atoms. The van der Waals surface area contributed by atoms with Gasteiger partial charge in [-0.1, -0.05) is 82.5 Å². The Morgan fingerprint density at radius 1 is 0.914 bits per heavy atom. The van der Waals surface area contributed by atoms with Crippen LogP contribution in [0.15, 0.2) is 59.5 Å². The molecule has 0 radical (unpaired) electrons. The molecule has 1 aliphatic heterocycles. The Hall–Kier alpha value is -1.93. The quantitative estimate of drug-likeness (QED) is 0.205. The van der Waals surface area contributed by atoms with E-state index in [9.17, 15) is 4.79 Å². The zero-order valence-corrected chi connectivity index (χ0v) is 22.8. The van der Waals surface area contributed by atoms with Gasteiger partial charge < -0.3 is 9.47 Å². The molecule has 10 heteroatoms. The molecule has 1 fully saturated rings. The highest BCUT2D eigenvalue weighted by atomic mass is 35.5. The van der Waals surface area contributed by atoms with E-state index in [0.29, 0.717) is 53.1 Å². The number of hydrogen-bond donors (Lipinski definition) is 0. The number of carbonyl (C=O) groups excluding carboxylic acids is 1. The number of anilines is 1. The van der Waals surface area contributed by atoms with E-state index in [1.165, 1.54) is 16.7 Å². The van der Waals surface area contributed by atoms with Gasteiger partial charge in [0.05, 0.1) is 27.2 Å². The highest BCUT2D eigenvalue weighted by Gasteiger charge is 2.33. The van der Waals surface area contributed by atoms with Gasteiger partial charge in [-0.2, -0.15) is 0 Å². The highest BCUT2D eigenvalue weighted by Crippen LogP contribution is 2.39. The average molecular weight is 585 g/mol. The van der Waals surface area contributed by atoms with Crippen LogP contribution in [0.4, 0.5) is 5.69 Å². The lowest BCUT2D eigenvalue weighted by Gasteiger charge is -2.15. The van der Waals surface area contributed by atoms with Crippen LogP contribution in [-0.2, 0) is 11.4 Å². The van der Waals surface area contributed by atoms with Crippen LogP contribution in [0, 0.1) is 0 Å². The number of amides is 1. The Labute approximate surface area is 232 Å². The second-order valence-electron chi connectivity index (χ2n) is 7.28. The average Bonchev–Trinajstić information content (AvgIpc) is 3.09. The largest absolute Gasteiger partial charge is 0.490 e. The van der Waals surface area contributed by atoms with E-state index >= 15 is 0 Å². The van der Waals surface area contributed by atoms with Crippen LogP contribution in [0.25, 0.3) is 6.08 Å². The van der Waals surface area contributed by atoms with Crippen molar-refractivity contribution in [2.75, 3.05) is 11.5 Å². The number of carbonyl (C=O) groups is 1. The Morgan fingerprint density at radius 3 is 2.43 bits per heavy atom. The molecule has 0 atom stereocenters. The van der Waals surface area contributed by atoms with E-state index in [2.05, 4.69) is 0 Å². The Balaban J connectivity index is 1.56. The number of thioether (sulfide) groups is 1.